The summed E-state index contributed by atoms with van der Waals surface area (Å²) >= 11 is 3.63. The van der Waals surface area contributed by atoms with Crippen LogP contribution >= 0.6 is 33.9 Å². The van der Waals surface area contributed by atoms with Crippen LogP contribution in [-0.2, 0) is 4.79 Å². The normalized spacial score (nSPS) is 14.8. The van der Waals surface area contributed by atoms with E-state index < -0.39 is 6.04 Å². The highest BCUT2D eigenvalue weighted by Gasteiger charge is 2.32. The molecule has 9 heteroatoms. The maximum Gasteiger partial charge on any atom is 0.271 e. The fraction of sp³-hybridized carbons (Fsp3) is 0.147. The molecule has 1 atom stereocenters. The number of fused-ring (bicyclic) bond motifs is 1. The van der Waals surface area contributed by atoms with Crippen molar-refractivity contribution in [1.82, 2.24) is 9.13 Å². The number of carbonyl (C=O) groups excluding carboxylic acids is 1. The second kappa shape index (κ2) is 11.8. The first-order chi connectivity index (χ1) is 20.7. The highest BCUT2D eigenvalue weighted by atomic mass is 127. The minimum absolute atomic E-state index is 0.193. The van der Waals surface area contributed by atoms with Crippen molar-refractivity contribution in [3.05, 3.63) is 142 Å². The van der Waals surface area contributed by atoms with Gasteiger partial charge in [0.15, 0.2) is 4.80 Å². The molecule has 216 valence electrons. The number of anilines is 1. The SMILES string of the molecule is COc1ccc([C@@H]2C(C(=O)Nc3ccccc3)=C(C)N=c3s/c(=C/c4cc(C)n(-c5ccc(I)cc5)c4C)c(=O)n32)cc1. The number of hydrogen-bond acceptors (Lipinski definition) is 5. The number of allylic oxidation sites excluding steroid dienone is 1. The molecule has 6 rings (SSSR count). The van der Waals surface area contributed by atoms with Crippen molar-refractivity contribution in [2.75, 3.05) is 12.4 Å². The lowest BCUT2D eigenvalue weighted by Crippen LogP contribution is -2.40. The van der Waals surface area contributed by atoms with Crippen molar-refractivity contribution in [3.8, 4) is 11.4 Å². The molecular formula is C34H29IN4O3S. The van der Waals surface area contributed by atoms with Gasteiger partial charge in [-0.3, -0.25) is 14.2 Å². The fourth-order valence-corrected chi connectivity index (χ4v) is 6.89. The van der Waals surface area contributed by atoms with E-state index in [1.807, 2.05) is 67.6 Å². The number of thiazole rings is 1. The number of methoxy groups -OCH3 is 1. The first kappa shape index (κ1) is 28.9. The summed E-state index contributed by atoms with van der Waals surface area (Å²) in [5, 5.41) is 2.99. The lowest BCUT2D eigenvalue weighted by Gasteiger charge is -2.25. The monoisotopic (exact) mass is 700 g/mol. The average Bonchev–Trinajstić information content (AvgIpc) is 3.46. The lowest BCUT2D eigenvalue weighted by molar-refractivity contribution is -0.113. The number of hydrogen-bond donors (Lipinski definition) is 1. The van der Waals surface area contributed by atoms with E-state index in [1.54, 1.807) is 11.7 Å². The molecule has 1 amide bonds. The number of para-hydroxylation sites is 1. The first-order valence-corrected chi connectivity index (χ1v) is 15.6. The number of aryl methyl sites for hydroxylation is 1. The van der Waals surface area contributed by atoms with Gasteiger partial charge in [0.25, 0.3) is 11.5 Å². The minimum Gasteiger partial charge on any atom is -0.497 e. The third-order valence-electron chi connectivity index (χ3n) is 7.57. The van der Waals surface area contributed by atoms with Gasteiger partial charge in [0, 0.05) is 26.3 Å². The topological polar surface area (TPSA) is 77.6 Å². The Kier molecular flexibility index (Phi) is 7.93. The molecule has 0 aliphatic carbocycles. The van der Waals surface area contributed by atoms with Crippen molar-refractivity contribution >= 4 is 51.6 Å². The molecule has 1 N–H and O–H groups in total. The molecule has 0 fully saturated rings. The summed E-state index contributed by atoms with van der Waals surface area (Å²) in [7, 11) is 1.61. The predicted octanol–water partition coefficient (Wildman–Crippen LogP) is 5.89. The zero-order valence-electron chi connectivity index (χ0n) is 24.1. The maximum atomic E-state index is 14.2. The van der Waals surface area contributed by atoms with Crippen LogP contribution in [0.15, 0.2) is 106 Å². The largest absolute Gasteiger partial charge is 0.497 e. The Hall–Kier alpha value is -4.22. The third-order valence-corrected chi connectivity index (χ3v) is 9.27. The number of benzene rings is 3. The van der Waals surface area contributed by atoms with E-state index in [4.69, 9.17) is 9.73 Å². The Morgan fingerprint density at radius 2 is 1.70 bits per heavy atom. The number of nitrogens with zero attached hydrogens (tertiary/aromatic N) is 3. The second-order valence-electron chi connectivity index (χ2n) is 10.3. The van der Waals surface area contributed by atoms with Gasteiger partial charge in [-0.25, -0.2) is 4.99 Å². The minimum atomic E-state index is -0.660. The summed E-state index contributed by atoms with van der Waals surface area (Å²) in [6.07, 6.45) is 1.93. The van der Waals surface area contributed by atoms with Gasteiger partial charge in [0.05, 0.1) is 29.0 Å². The molecule has 43 heavy (non-hydrogen) atoms. The molecule has 3 heterocycles. The summed E-state index contributed by atoms with van der Waals surface area (Å²) in [5.41, 5.74) is 6.39. The molecular weight excluding hydrogens is 671 g/mol. The molecule has 1 aliphatic rings. The Balaban J connectivity index is 1.49. The van der Waals surface area contributed by atoms with Gasteiger partial charge in [-0.05, 0) is 115 Å². The van der Waals surface area contributed by atoms with Gasteiger partial charge in [-0.1, -0.05) is 41.7 Å². The van der Waals surface area contributed by atoms with E-state index >= 15 is 0 Å². The summed E-state index contributed by atoms with van der Waals surface area (Å²) < 4.78 is 10.9. The molecule has 0 unspecified atom stereocenters. The van der Waals surface area contributed by atoms with Crippen molar-refractivity contribution in [2.45, 2.75) is 26.8 Å². The van der Waals surface area contributed by atoms with Gasteiger partial charge < -0.3 is 14.6 Å². The number of carbonyl (C=O) groups is 1. The molecule has 2 aromatic heterocycles. The molecule has 0 bridgehead atoms. The van der Waals surface area contributed by atoms with Gasteiger partial charge in [0.1, 0.15) is 5.75 Å². The zero-order valence-corrected chi connectivity index (χ0v) is 27.1. The summed E-state index contributed by atoms with van der Waals surface area (Å²) in [6.45, 7) is 5.95. The number of amides is 1. The summed E-state index contributed by atoms with van der Waals surface area (Å²) in [6, 6.07) is 26.5. The summed E-state index contributed by atoms with van der Waals surface area (Å²) in [4.78, 5) is 33.3. The molecule has 0 radical (unpaired) electrons. The van der Waals surface area contributed by atoms with Crippen LogP contribution in [0.1, 0.15) is 35.5 Å². The molecule has 7 nitrogen and oxygen atoms in total. The van der Waals surface area contributed by atoms with Crippen LogP contribution in [0, 0.1) is 17.4 Å². The van der Waals surface area contributed by atoms with Gasteiger partial charge in [-0.15, -0.1) is 0 Å². The van der Waals surface area contributed by atoms with Crippen molar-refractivity contribution in [2.24, 2.45) is 4.99 Å². The van der Waals surface area contributed by atoms with Crippen molar-refractivity contribution < 1.29 is 9.53 Å². The maximum absolute atomic E-state index is 14.2. The van der Waals surface area contributed by atoms with Crippen LogP contribution in [0.25, 0.3) is 11.8 Å². The average molecular weight is 701 g/mol. The van der Waals surface area contributed by atoms with E-state index in [0.29, 0.717) is 32.0 Å². The standard InChI is InChI=1S/C34H29IN4O3S/c1-20-18-24(22(3)38(20)27-14-12-25(35)13-15-27)19-29-33(41)39-31(23-10-16-28(42-4)17-11-23)30(21(2)36-34(39)43-29)32(40)37-26-8-6-5-7-9-26/h5-19,31H,1-4H3,(H,37,40)/b29-19+/t31-/m1/s1. The van der Waals surface area contributed by atoms with Gasteiger partial charge >= 0.3 is 0 Å². The zero-order chi connectivity index (χ0) is 30.2. The quantitative estimate of drug-likeness (QED) is 0.225. The third kappa shape index (κ3) is 5.50. The van der Waals surface area contributed by atoms with Crippen LogP contribution in [0.5, 0.6) is 5.75 Å². The first-order valence-electron chi connectivity index (χ1n) is 13.7. The van der Waals surface area contributed by atoms with E-state index in [1.165, 1.54) is 14.9 Å². The molecule has 0 saturated heterocycles. The number of ether oxygens (including phenoxy) is 1. The fourth-order valence-electron chi connectivity index (χ4n) is 5.50. The Morgan fingerprint density at radius 1 is 1.00 bits per heavy atom. The van der Waals surface area contributed by atoms with E-state index in [-0.39, 0.29) is 11.5 Å². The van der Waals surface area contributed by atoms with Crippen LogP contribution in [0.4, 0.5) is 5.69 Å². The smallest absolute Gasteiger partial charge is 0.271 e. The summed E-state index contributed by atoms with van der Waals surface area (Å²) in [5.74, 6) is 0.388. The highest BCUT2D eigenvalue weighted by Crippen LogP contribution is 2.32. The van der Waals surface area contributed by atoms with Gasteiger partial charge in [0.2, 0.25) is 0 Å². The van der Waals surface area contributed by atoms with Crippen LogP contribution in [0.3, 0.4) is 0 Å². The predicted molar refractivity (Wildman–Crippen MR) is 180 cm³/mol. The van der Waals surface area contributed by atoms with Crippen molar-refractivity contribution in [1.29, 1.82) is 0 Å². The van der Waals surface area contributed by atoms with Crippen LogP contribution in [-0.4, -0.2) is 22.2 Å². The van der Waals surface area contributed by atoms with E-state index in [2.05, 4.69) is 76.7 Å². The molecule has 0 saturated carbocycles. The van der Waals surface area contributed by atoms with Crippen molar-refractivity contribution in [3.63, 3.8) is 0 Å². The molecule has 0 spiro atoms. The van der Waals surface area contributed by atoms with Crippen LogP contribution < -0.4 is 24.9 Å². The Labute approximate surface area is 266 Å². The lowest BCUT2D eigenvalue weighted by atomic mass is 9.95. The molecule has 1 aliphatic heterocycles. The number of rotatable bonds is 6. The van der Waals surface area contributed by atoms with Crippen LogP contribution in [0.2, 0.25) is 0 Å². The van der Waals surface area contributed by atoms with Gasteiger partial charge in [-0.2, -0.15) is 0 Å². The second-order valence-corrected chi connectivity index (χ2v) is 12.6. The van der Waals surface area contributed by atoms with E-state index in [0.717, 1.165) is 28.2 Å². The Morgan fingerprint density at radius 3 is 2.37 bits per heavy atom. The number of nitrogens with one attached hydrogen (secondary N) is 1. The molecule has 3 aromatic carbocycles. The highest BCUT2D eigenvalue weighted by molar-refractivity contribution is 14.1. The van der Waals surface area contributed by atoms with E-state index in [9.17, 15) is 9.59 Å². The number of aromatic nitrogens is 2. The molecule has 5 aromatic rings. The number of halogens is 1. The Bertz CT molecular complexity index is 2060.